The summed E-state index contributed by atoms with van der Waals surface area (Å²) in [6, 6.07) is 5.24. The predicted molar refractivity (Wildman–Crippen MR) is 79.0 cm³/mol. The van der Waals surface area contributed by atoms with Gasteiger partial charge in [0.05, 0.1) is 15.7 Å². The Hall–Kier alpha value is -1.59. The van der Waals surface area contributed by atoms with E-state index in [1.165, 1.54) is 0 Å². The molecule has 100 valence electrons. The number of carbonyl (C=O) groups excluding carboxylic acids is 1. The van der Waals surface area contributed by atoms with Gasteiger partial charge in [0.15, 0.2) is 0 Å². The van der Waals surface area contributed by atoms with Crippen molar-refractivity contribution in [3.8, 4) is 0 Å². The summed E-state index contributed by atoms with van der Waals surface area (Å²) in [5.74, 6) is 0. The van der Waals surface area contributed by atoms with E-state index in [0.717, 1.165) is 17.0 Å². The lowest BCUT2D eigenvalue weighted by molar-refractivity contribution is 0.252. The molecule has 0 spiro atoms. The smallest absolute Gasteiger partial charge is 0.319 e. The average Bonchev–Trinajstić information content (AvgIpc) is 2.87. The molecule has 2 rings (SSSR count). The van der Waals surface area contributed by atoms with E-state index in [2.05, 4.69) is 15.6 Å². The molecule has 0 atom stereocenters. The summed E-state index contributed by atoms with van der Waals surface area (Å²) < 4.78 is 0. The number of nitrogens with zero attached hydrogens (tertiary/aromatic N) is 1. The molecule has 1 aromatic heterocycles. The highest BCUT2D eigenvalue weighted by Crippen LogP contribution is 2.24. The van der Waals surface area contributed by atoms with Gasteiger partial charge in [0.1, 0.15) is 0 Å². The number of thiazole rings is 1. The fourth-order valence-electron chi connectivity index (χ4n) is 1.61. The maximum Gasteiger partial charge on any atom is 0.319 e. The number of para-hydroxylation sites is 1. The number of amides is 2. The molecule has 0 saturated heterocycles. The van der Waals surface area contributed by atoms with E-state index in [-0.39, 0.29) is 6.03 Å². The summed E-state index contributed by atoms with van der Waals surface area (Å²) in [4.78, 5) is 15.9. The number of hydrogen-bond acceptors (Lipinski definition) is 3. The van der Waals surface area contributed by atoms with Gasteiger partial charge in [0.25, 0.3) is 0 Å². The molecule has 0 radical (unpaired) electrons. The molecule has 1 aromatic carbocycles. The molecule has 0 aliphatic heterocycles. The number of aromatic nitrogens is 1. The number of aryl methyl sites for hydroxylation is 1. The summed E-state index contributed by atoms with van der Waals surface area (Å²) in [6.45, 7) is 2.44. The summed E-state index contributed by atoms with van der Waals surface area (Å²) in [5.41, 5.74) is 1.58. The lowest BCUT2D eigenvalue weighted by Gasteiger charge is -2.10. The molecule has 0 aliphatic rings. The van der Waals surface area contributed by atoms with Gasteiger partial charge in [-0.3, -0.25) is 0 Å². The quantitative estimate of drug-likeness (QED) is 0.907. The second-order valence-corrected chi connectivity index (χ2v) is 5.37. The number of halogens is 1. The normalized spacial score (nSPS) is 10.2. The molecule has 0 bridgehead atoms. The second kappa shape index (κ2) is 6.54. The molecule has 0 fully saturated rings. The molecule has 2 aromatic rings. The molecule has 0 aliphatic carbocycles. The monoisotopic (exact) mass is 295 g/mol. The zero-order valence-electron chi connectivity index (χ0n) is 10.4. The minimum Gasteiger partial charge on any atom is -0.337 e. The van der Waals surface area contributed by atoms with Crippen molar-refractivity contribution in [2.75, 3.05) is 11.9 Å². The Morgan fingerprint density at radius 2 is 2.32 bits per heavy atom. The zero-order chi connectivity index (χ0) is 13.7. The molecule has 6 heteroatoms. The third-order valence-electron chi connectivity index (χ3n) is 2.57. The largest absolute Gasteiger partial charge is 0.337 e. The van der Waals surface area contributed by atoms with Crippen molar-refractivity contribution in [1.82, 2.24) is 10.3 Å². The van der Waals surface area contributed by atoms with Crippen LogP contribution in [-0.2, 0) is 6.42 Å². The van der Waals surface area contributed by atoms with Crippen LogP contribution in [0, 0.1) is 6.92 Å². The number of anilines is 1. The number of urea groups is 1. The number of carbonyl (C=O) groups is 1. The summed E-state index contributed by atoms with van der Waals surface area (Å²) in [5, 5.41) is 9.01. The molecule has 0 unspecified atom stereocenters. The lowest BCUT2D eigenvalue weighted by atomic mass is 10.2. The van der Waals surface area contributed by atoms with Crippen LogP contribution in [0.5, 0.6) is 0 Å². The van der Waals surface area contributed by atoms with E-state index >= 15 is 0 Å². The Morgan fingerprint density at radius 3 is 3.00 bits per heavy atom. The maximum atomic E-state index is 11.7. The average molecular weight is 296 g/mol. The van der Waals surface area contributed by atoms with E-state index in [0.29, 0.717) is 17.3 Å². The van der Waals surface area contributed by atoms with Crippen LogP contribution in [0.25, 0.3) is 0 Å². The van der Waals surface area contributed by atoms with Crippen molar-refractivity contribution in [1.29, 1.82) is 0 Å². The van der Waals surface area contributed by atoms with Crippen molar-refractivity contribution in [3.05, 3.63) is 45.4 Å². The van der Waals surface area contributed by atoms with E-state index in [1.807, 2.05) is 24.4 Å². The van der Waals surface area contributed by atoms with Crippen molar-refractivity contribution in [3.63, 3.8) is 0 Å². The highest BCUT2D eigenvalue weighted by Gasteiger charge is 2.07. The van der Waals surface area contributed by atoms with Crippen molar-refractivity contribution in [2.24, 2.45) is 0 Å². The third-order valence-corrected chi connectivity index (χ3v) is 3.72. The first-order valence-electron chi connectivity index (χ1n) is 5.85. The van der Waals surface area contributed by atoms with Crippen molar-refractivity contribution >= 4 is 34.7 Å². The Kier molecular flexibility index (Phi) is 4.76. The molecule has 2 N–H and O–H groups in total. The van der Waals surface area contributed by atoms with Crippen LogP contribution < -0.4 is 10.6 Å². The maximum absolute atomic E-state index is 11.7. The van der Waals surface area contributed by atoms with Gasteiger partial charge in [-0.2, -0.15) is 0 Å². The van der Waals surface area contributed by atoms with Crippen LogP contribution >= 0.6 is 22.9 Å². The minimum absolute atomic E-state index is 0.257. The second-order valence-electron chi connectivity index (χ2n) is 3.99. The first-order chi connectivity index (χ1) is 9.16. The Bertz CT molecular complexity index is 537. The van der Waals surface area contributed by atoms with Crippen LogP contribution in [0.3, 0.4) is 0 Å². The van der Waals surface area contributed by atoms with Crippen LogP contribution in [0.15, 0.2) is 29.8 Å². The summed E-state index contributed by atoms with van der Waals surface area (Å²) >= 11 is 7.62. The lowest BCUT2D eigenvalue weighted by Crippen LogP contribution is -2.30. The van der Waals surface area contributed by atoms with Crippen molar-refractivity contribution in [2.45, 2.75) is 13.3 Å². The van der Waals surface area contributed by atoms with E-state index < -0.39 is 0 Å². The number of nitrogens with one attached hydrogen (secondary N) is 2. The van der Waals surface area contributed by atoms with Gasteiger partial charge in [0, 0.05) is 24.5 Å². The Labute approximate surface area is 120 Å². The van der Waals surface area contributed by atoms with E-state index in [1.54, 1.807) is 23.6 Å². The predicted octanol–water partition coefficient (Wildman–Crippen LogP) is 3.47. The molecule has 4 nitrogen and oxygen atoms in total. The standard InChI is InChI=1S/C13H14ClN3OS/c1-9-3-2-4-10(14)12(9)17-13(18)16-6-5-11-15-7-8-19-11/h2-4,7-8H,5-6H2,1H3,(H2,16,17,18). The van der Waals surface area contributed by atoms with Crippen LogP contribution in [0.4, 0.5) is 10.5 Å². The molecular formula is C13H14ClN3OS. The molecule has 2 amide bonds. The number of benzene rings is 1. The topological polar surface area (TPSA) is 54.0 Å². The highest BCUT2D eigenvalue weighted by molar-refractivity contribution is 7.09. The highest BCUT2D eigenvalue weighted by atomic mass is 35.5. The summed E-state index contributed by atoms with van der Waals surface area (Å²) in [7, 11) is 0. The summed E-state index contributed by atoms with van der Waals surface area (Å²) in [6.07, 6.45) is 2.49. The Balaban J connectivity index is 1.84. The van der Waals surface area contributed by atoms with Gasteiger partial charge >= 0.3 is 6.03 Å². The van der Waals surface area contributed by atoms with E-state index in [4.69, 9.17) is 11.6 Å². The number of rotatable bonds is 4. The van der Waals surface area contributed by atoms with Gasteiger partial charge in [0.2, 0.25) is 0 Å². The molecular weight excluding hydrogens is 282 g/mol. The molecule has 19 heavy (non-hydrogen) atoms. The Morgan fingerprint density at radius 1 is 1.47 bits per heavy atom. The van der Waals surface area contributed by atoms with Gasteiger partial charge in [-0.1, -0.05) is 23.7 Å². The van der Waals surface area contributed by atoms with Gasteiger partial charge in [-0.05, 0) is 18.6 Å². The van der Waals surface area contributed by atoms with Gasteiger partial charge < -0.3 is 10.6 Å². The zero-order valence-corrected chi connectivity index (χ0v) is 12.0. The molecule has 1 heterocycles. The fourth-order valence-corrected chi connectivity index (χ4v) is 2.50. The molecule has 0 saturated carbocycles. The van der Waals surface area contributed by atoms with Gasteiger partial charge in [-0.25, -0.2) is 9.78 Å². The van der Waals surface area contributed by atoms with Gasteiger partial charge in [-0.15, -0.1) is 11.3 Å². The van der Waals surface area contributed by atoms with Crippen LogP contribution in [0.2, 0.25) is 5.02 Å². The fraction of sp³-hybridized carbons (Fsp3) is 0.231. The van der Waals surface area contributed by atoms with Crippen LogP contribution in [0.1, 0.15) is 10.6 Å². The first-order valence-corrected chi connectivity index (χ1v) is 7.11. The van der Waals surface area contributed by atoms with Crippen LogP contribution in [-0.4, -0.2) is 17.6 Å². The SMILES string of the molecule is Cc1cccc(Cl)c1NC(=O)NCCc1nccs1. The van der Waals surface area contributed by atoms with Crippen molar-refractivity contribution < 1.29 is 4.79 Å². The number of hydrogen-bond donors (Lipinski definition) is 2. The first kappa shape index (κ1) is 13.8. The minimum atomic E-state index is -0.257. The van der Waals surface area contributed by atoms with E-state index in [9.17, 15) is 4.79 Å². The third kappa shape index (κ3) is 3.94.